The molecule has 1 aromatic heterocycles. The molecule has 2 aromatic carbocycles. The zero-order chi connectivity index (χ0) is 18.4. The van der Waals surface area contributed by atoms with Gasteiger partial charge >= 0.3 is 0 Å². The van der Waals surface area contributed by atoms with Gasteiger partial charge in [-0.3, -0.25) is 9.78 Å². The van der Waals surface area contributed by atoms with E-state index in [1.165, 1.54) is 0 Å². The Morgan fingerprint density at radius 1 is 1.12 bits per heavy atom. The van der Waals surface area contributed by atoms with Crippen molar-refractivity contribution >= 4 is 22.5 Å². The van der Waals surface area contributed by atoms with Crippen LogP contribution in [0.1, 0.15) is 40.7 Å². The van der Waals surface area contributed by atoms with Crippen LogP contribution in [0.2, 0.25) is 0 Å². The standard InChI is InChI=1S/C22H21N3O/c1-16-8-5-10-17(9-3-2-4-14-23)20(16)22(26)25-19-13-6-11-18-12-7-15-24-21(18)19/h5-8,10-13,15H,2-4,9H2,1H3,(H,25,26). The van der Waals surface area contributed by atoms with Crippen molar-refractivity contribution in [2.75, 3.05) is 5.32 Å². The van der Waals surface area contributed by atoms with Crippen molar-refractivity contribution in [3.63, 3.8) is 0 Å². The number of carbonyl (C=O) groups is 1. The maximum absolute atomic E-state index is 13.0. The lowest BCUT2D eigenvalue weighted by molar-refractivity contribution is 0.102. The van der Waals surface area contributed by atoms with E-state index in [1.807, 2.05) is 55.5 Å². The van der Waals surface area contributed by atoms with Crippen LogP contribution >= 0.6 is 0 Å². The molecule has 0 saturated carbocycles. The normalized spacial score (nSPS) is 10.5. The van der Waals surface area contributed by atoms with E-state index in [0.717, 1.165) is 46.9 Å². The molecule has 0 unspecified atom stereocenters. The summed E-state index contributed by atoms with van der Waals surface area (Å²) in [5, 5.41) is 12.7. The van der Waals surface area contributed by atoms with E-state index in [2.05, 4.69) is 16.4 Å². The van der Waals surface area contributed by atoms with E-state index in [9.17, 15) is 4.79 Å². The van der Waals surface area contributed by atoms with Crippen LogP contribution in [-0.4, -0.2) is 10.9 Å². The van der Waals surface area contributed by atoms with Crippen LogP contribution < -0.4 is 5.32 Å². The molecule has 3 aromatic rings. The van der Waals surface area contributed by atoms with Crippen LogP contribution in [-0.2, 0) is 6.42 Å². The Morgan fingerprint density at radius 2 is 1.92 bits per heavy atom. The molecule has 0 bridgehead atoms. The third-order valence-corrected chi connectivity index (χ3v) is 4.45. The maximum atomic E-state index is 13.0. The summed E-state index contributed by atoms with van der Waals surface area (Å²) in [6.07, 6.45) is 4.81. The number of fused-ring (bicyclic) bond motifs is 1. The average molecular weight is 343 g/mol. The smallest absolute Gasteiger partial charge is 0.256 e. The number of anilines is 1. The quantitative estimate of drug-likeness (QED) is 0.638. The van der Waals surface area contributed by atoms with E-state index in [4.69, 9.17) is 5.26 Å². The minimum atomic E-state index is -0.114. The monoisotopic (exact) mass is 343 g/mol. The SMILES string of the molecule is Cc1cccc(CCCCC#N)c1C(=O)Nc1cccc2cccnc12. The van der Waals surface area contributed by atoms with Crippen molar-refractivity contribution in [3.8, 4) is 6.07 Å². The molecule has 0 fully saturated rings. The van der Waals surface area contributed by atoms with Crippen molar-refractivity contribution in [3.05, 3.63) is 71.4 Å². The van der Waals surface area contributed by atoms with Crippen molar-refractivity contribution in [2.24, 2.45) is 0 Å². The number of para-hydroxylation sites is 1. The van der Waals surface area contributed by atoms with E-state index >= 15 is 0 Å². The zero-order valence-corrected chi connectivity index (χ0v) is 14.8. The predicted octanol–water partition coefficient (Wildman–Crippen LogP) is 5.03. The lowest BCUT2D eigenvalue weighted by atomic mass is 9.96. The van der Waals surface area contributed by atoms with Gasteiger partial charge in [0.05, 0.1) is 17.3 Å². The topological polar surface area (TPSA) is 65.8 Å². The highest BCUT2D eigenvalue weighted by Crippen LogP contribution is 2.23. The van der Waals surface area contributed by atoms with Crippen LogP contribution in [0.5, 0.6) is 0 Å². The molecule has 0 spiro atoms. The van der Waals surface area contributed by atoms with Gasteiger partial charge in [-0.05, 0) is 49.4 Å². The molecular weight excluding hydrogens is 322 g/mol. The molecule has 0 saturated heterocycles. The first-order chi connectivity index (χ1) is 12.7. The summed E-state index contributed by atoms with van der Waals surface area (Å²) in [6, 6.07) is 17.7. The molecule has 0 aliphatic rings. The largest absolute Gasteiger partial charge is 0.320 e. The number of hydrogen-bond donors (Lipinski definition) is 1. The van der Waals surface area contributed by atoms with Crippen LogP contribution in [0.15, 0.2) is 54.7 Å². The third kappa shape index (κ3) is 3.89. The molecule has 0 atom stereocenters. The summed E-state index contributed by atoms with van der Waals surface area (Å²) in [4.78, 5) is 17.4. The van der Waals surface area contributed by atoms with Gasteiger partial charge in [-0.1, -0.05) is 36.4 Å². The lowest BCUT2D eigenvalue weighted by Crippen LogP contribution is -2.16. The Balaban J connectivity index is 1.86. The van der Waals surface area contributed by atoms with Crippen molar-refractivity contribution in [1.29, 1.82) is 5.26 Å². The summed E-state index contributed by atoms with van der Waals surface area (Å²) >= 11 is 0. The second-order valence-electron chi connectivity index (χ2n) is 6.31. The van der Waals surface area contributed by atoms with Gasteiger partial charge < -0.3 is 5.32 Å². The molecule has 1 N–H and O–H groups in total. The molecule has 4 nitrogen and oxygen atoms in total. The second-order valence-corrected chi connectivity index (χ2v) is 6.31. The molecule has 26 heavy (non-hydrogen) atoms. The van der Waals surface area contributed by atoms with Crippen LogP contribution in [0, 0.1) is 18.3 Å². The van der Waals surface area contributed by atoms with Crippen LogP contribution in [0.4, 0.5) is 5.69 Å². The third-order valence-electron chi connectivity index (χ3n) is 4.45. The number of aromatic nitrogens is 1. The number of benzene rings is 2. The highest BCUT2D eigenvalue weighted by atomic mass is 16.1. The Labute approximate surface area is 153 Å². The van der Waals surface area contributed by atoms with E-state index < -0.39 is 0 Å². The number of amides is 1. The summed E-state index contributed by atoms with van der Waals surface area (Å²) in [5.74, 6) is -0.114. The fourth-order valence-electron chi connectivity index (χ4n) is 3.17. The van der Waals surface area contributed by atoms with E-state index in [1.54, 1.807) is 6.20 Å². The van der Waals surface area contributed by atoms with Crippen LogP contribution in [0.25, 0.3) is 10.9 Å². The predicted molar refractivity (Wildman–Crippen MR) is 104 cm³/mol. The average Bonchev–Trinajstić information content (AvgIpc) is 2.65. The Kier molecular flexibility index (Phi) is 5.60. The number of nitrogens with one attached hydrogen (secondary N) is 1. The highest BCUT2D eigenvalue weighted by Gasteiger charge is 2.15. The highest BCUT2D eigenvalue weighted by molar-refractivity contribution is 6.09. The van der Waals surface area contributed by atoms with Crippen LogP contribution in [0.3, 0.4) is 0 Å². The maximum Gasteiger partial charge on any atom is 0.256 e. The fraction of sp³-hybridized carbons (Fsp3) is 0.227. The summed E-state index contributed by atoms with van der Waals surface area (Å²) in [5.41, 5.74) is 4.19. The molecule has 0 radical (unpaired) electrons. The van der Waals surface area contributed by atoms with Crippen molar-refractivity contribution < 1.29 is 4.79 Å². The summed E-state index contributed by atoms with van der Waals surface area (Å²) < 4.78 is 0. The first-order valence-electron chi connectivity index (χ1n) is 8.81. The molecular formula is C22H21N3O. The van der Waals surface area contributed by atoms with Gasteiger partial charge in [0.15, 0.2) is 0 Å². The molecule has 4 heteroatoms. The first kappa shape index (κ1) is 17.6. The molecule has 0 aliphatic heterocycles. The molecule has 3 rings (SSSR count). The van der Waals surface area contributed by atoms with Crippen molar-refractivity contribution in [2.45, 2.75) is 32.6 Å². The first-order valence-corrected chi connectivity index (χ1v) is 8.81. The van der Waals surface area contributed by atoms with Gasteiger partial charge in [-0.15, -0.1) is 0 Å². The second kappa shape index (κ2) is 8.26. The van der Waals surface area contributed by atoms with Crippen molar-refractivity contribution in [1.82, 2.24) is 4.98 Å². The number of rotatable bonds is 6. The molecule has 1 amide bonds. The molecule has 0 aliphatic carbocycles. The van der Waals surface area contributed by atoms with Gasteiger partial charge in [-0.2, -0.15) is 5.26 Å². The number of nitrogens with zero attached hydrogens (tertiary/aromatic N) is 2. The number of pyridine rings is 1. The van der Waals surface area contributed by atoms with E-state index in [0.29, 0.717) is 12.1 Å². The lowest BCUT2D eigenvalue weighted by Gasteiger charge is -2.14. The molecule has 130 valence electrons. The van der Waals surface area contributed by atoms with Gasteiger partial charge in [0.1, 0.15) is 0 Å². The number of hydrogen-bond acceptors (Lipinski definition) is 3. The minimum absolute atomic E-state index is 0.114. The summed E-state index contributed by atoms with van der Waals surface area (Å²) in [6.45, 7) is 1.95. The Morgan fingerprint density at radius 3 is 2.77 bits per heavy atom. The Hall–Kier alpha value is -3.19. The van der Waals surface area contributed by atoms with Gasteiger partial charge in [-0.25, -0.2) is 0 Å². The van der Waals surface area contributed by atoms with Gasteiger partial charge in [0, 0.05) is 23.6 Å². The Bertz CT molecular complexity index is 967. The van der Waals surface area contributed by atoms with Gasteiger partial charge in [0.25, 0.3) is 5.91 Å². The minimum Gasteiger partial charge on any atom is -0.320 e. The number of nitriles is 1. The van der Waals surface area contributed by atoms with Gasteiger partial charge in [0.2, 0.25) is 0 Å². The van der Waals surface area contributed by atoms with E-state index in [-0.39, 0.29) is 5.91 Å². The summed E-state index contributed by atoms with van der Waals surface area (Å²) in [7, 11) is 0. The molecule has 1 heterocycles. The fourth-order valence-corrected chi connectivity index (χ4v) is 3.17. The number of unbranched alkanes of at least 4 members (excludes halogenated alkanes) is 2. The zero-order valence-electron chi connectivity index (χ0n) is 14.8. The number of carbonyl (C=O) groups excluding carboxylic acids is 1. The number of aryl methyl sites for hydroxylation is 2.